The summed E-state index contributed by atoms with van der Waals surface area (Å²) in [6, 6.07) is 13.9. The Kier molecular flexibility index (Phi) is 6.09. The Morgan fingerprint density at radius 2 is 1.79 bits per heavy atom. The molecule has 3 rings (SSSR count). The Bertz CT molecular complexity index is 877. The summed E-state index contributed by atoms with van der Waals surface area (Å²) in [5, 5.41) is 5.73. The number of carbonyl (C=O) groups is 3. The molecule has 1 unspecified atom stereocenters. The van der Waals surface area contributed by atoms with Gasteiger partial charge in [-0.15, -0.1) is 0 Å². The van der Waals surface area contributed by atoms with Crippen LogP contribution in [0.3, 0.4) is 0 Å². The highest BCUT2D eigenvalue weighted by Crippen LogP contribution is 2.22. The molecule has 2 aromatic rings. The van der Waals surface area contributed by atoms with Crippen molar-refractivity contribution in [3.8, 4) is 0 Å². The molecule has 2 aromatic carbocycles. The summed E-state index contributed by atoms with van der Waals surface area (Å²) in [4.78, 5) is 38.7. The van der Waals surface area contributed by atoms with Gasteiger partial charge >= 0.3 is 0 Å². The van der Waals surface area contributed by atoms with Gasteiger partial charge < -0.3 is 15.5 Å². The number of benzene rings is 2. The van der Waals surface area contributed by atoms with E-state index >= 15 is 0 Å². The molecule has 0 bridgehead atoms. The van der Waals surface area contributed by atoms with Crippen molar-refractivity contribution < 1.29 is 14.4 Å². The van der Waals surface area contributed by atoms with Crippen LogP contribution in [-0.4, -0.2) is 30.3 Å². The van der Waals surface area contributed by atoms with E-state index in [2.05, 4.69) is 10.6 Å². The van der Waals surface area contributed by atoms with Gasteiger partial charge in [0.25, 0.3) is 11.8 Å². The van der Waals surface area contributed by atoms with Crippen LogP contribution in [0.15, 0.2) is 48.5 Å². The first-order valence-electron chi connectivity index (χ1n) is 9.61. The molecule has 0 radical (unpaired) electrons. The maximum absolute atomic E-state index is 12.6. The number of para-hydroxylation sites is 1. The van der Waals surface area contributed by atoms with Crippen LogP contribution in [0.25, 0.3) is 0 Å². The van der Waals surface area contributed by atoms with Gasteiger partial charge in [0.1, 0.15) is 0 Å². The first kappa shape index (κ1) is 19.6. The zero-order valence-corrected chi connectivity index (χ0v) is 16.2. The van der Waals surface area contributed by atoms with Crippen LogP contribution in [-0.2, 0) is 4.79 Å². The van der Waals surface area contributed by atoms with Gasteiger partial charge in [-0.2, -0.15) is 0 Å². The molecule has 6 nitrogen and oxygen atoms in total. The molecular weight excluding hydrogens is 354 g/mol. The number of nitrogens with zero attached hydrogens (tertiary/aromatic N) is 1. The molecule has 1 aliphatic rings. The van der Waals surface area contributed by atoms with Crippen LogP contribution >= 0.6 is 0 Å². The molecule has 1 saturated heterocycles. The Morgan fingerprint density at radius 1 is 1.07 bits per heavy atom. The molecule has 28 heavy (non-hydrogen) atoms. The molecule has 1 fully saturated rings. The van der Waals surface area contributed by atoms with Crippen molar-refractivity contribution in [2.24, 2.45) is 0 Å². The zero-order chi connectivity index (χ0) is 20.1. The summed E-state index contributed by atoms with van der Waals surface area (Å²) in [6.45, 7) is 4.65. The Balaban J connectivity index is 1.73. The van der Waals surface area contributed by atoms with Gasteiger partial charge in [0.05, 0.1) is 11.3 Å². The molecule has 3 amide bonds. The number of rotatable bonds is 6. The summed E-state index contributed by atoms with van der Waals surface area (Å²) < 4.78 is 0. The lowest BCUT2D eigenvalue weighted by atomic mass is 10.1. The molecule has 1 heterocycles. The van der Waals surface area contributed by atoms with Gasteiger partial charge in [-0.3, -0.25) is 14.4 Å². The first-order valence-corrected chi connectivity index (χ1v) is 9.61. The van der Waals surface area contributed by atoms with Gasteiger partial charge in [-0.1, -0.05) is 19.1 Å². The molecule has 0 aromatic heterocycles. The monoisotopic (exact) mass is 379 g/mol. The molecule has 0 spiro atoms. The van der Waals surface area contributed by atoms with Crippen molar-refractivity contribution in [1.29, 1.82) is 0 Å². The Labute approximate surface area is 164 Å². The Morgan fingerprint density at radius 3 is 2.43 bits per heavy atom. The summed E-state index contributed by atoms with van der Waals surface area (Å²) in [6.07, 6.45) is 2.25. The lowest BCUT2D eigenvalue weighted by Crippen LogP contribution is -2.32. The van der Waals surface area contributed by atoms with Crippen molar-refractivity contribution in [3.05, 3.63) is 59.7 Å². The third-order valence-electron chi connectivity index (χ3n) is 4.92. The average molecular weight is 379 g/mol. The lowest BCUT2D eigenvalue weighted by Gasteiger charge is -2.16. The number of hydrogen-bond donors (Lipinski definition) is 2. The van der Waals surface area contributed by atoms with Gasteiger partial charge in [-0.25, -0.2) is 0 Å². The highest BCUT2D eigenvalue weighted by atomic mass is 16.2. The SMILES string of the molecule is CCC(C)NC(=O)c1ccccc1NC(=O)c1ccc(N2CCCC2=O)cc1. The van der Waals surface area contributed by atoms with E-state index in [4.69, 9.17) is 0 Å². The fraction of sp³-hybridized carbons (Fsp3) is 0.318. The topological polar surface area (TPSA) is 78.5 Å². The van der Waals surface area contributed by atoms with Crippen molar-refractivity contribution in [2.75, 3.05) is 16.8 Å². The van der Waals surface area contributed by atoms with E-state index in [1.807, 2.05) is 13.8 Å². The maximum atomic E-state index is 12.6. The molecule has 1 aliphatic heterocycles. The molecule has 2 N–H and O–H groups in total. The van der Waals surface area contributed by atoms with E-state index in [0.29, 0.717) is 29.8 Å². The second kappa shape index (κ2) is 8.69. The highest BCUT2D eigenvalue weighted by Gasteiger charge is 2.22. The van der Waals surface area contributed by atoms with E-state index in [1.165, 1.54) is 0 Å². The first-order chi connectivity index (χ1) is 13.5. The van der Waals surface area contributed by atoms with Gasteiger partial charge in [0.2, 0.25) is 5.91 Å². The molecule has 146 valence electrons. The van der Waals surface area contributed by atoms with Gasteiger partial charge in [0.15, 0.2) is 0 Å². The van der Waals surface area contributed by atoms with Crippen molar-refractivity contribution in [2.45, 2.75) is 39.2 Å². The number of anilines is 2. The second-order valence-electron chi connectivity index (χ2n) is 6.98. The standard InChI is InChI=1S/C22H25N3O3/c1-3-15(2)23-22(28)18-7-4-5-8-19(18)24-21(27)16-10-12-17(13-11-16)25-14-6-9-20(25)26/h4-5,7-8,10-13,15H,3,6,9,14H2,1-2H3,(H,23,28)(H,24,27). The van der Waals surface area contributed by atoms with Crippen LogP contribution in [0.1, 0.15) is 53.8 Å². The zero-order valence-electron chi connectivity index (χ0n) is 16.2. The van der Waals surface area contributed by atoms with Crippen LogP contribution in [0.5, 0.6) is 0 Å². The van der Waals surface area contributed by atoms with E-state index in [1.54, 1.807) is 53.4 Å². The highest BCUT2D eigenvalue weighted by molar-refractivity contribution is 6.09. The molecule has 6 heteroatoms. The molecular formula is C22H25N3O3. The van der Waals surface area contributed by atoms with E-state index in [-0.39, 0.29) is 23.8 Å². The Hall–Kier alpha value is -3.15. The quantitative estimate of drug-likeness (QED) is 0.805. The third-order valence-corrected chi connectivity index (χ3v) is 4.92. The largest absolute Gasteiger partial charge is 0.350 e. The van der Waals surface area contributed by atoms with Crippen molar-refractivity contribution in [3.63, 3.8) is 0 Å². The van der Waals surface area contributed by atoms with E-state index < -0.39 is 0 Å². The minimum Gasteiger partial charge on any atom is -0.350 e. The average Bonchev–Trinajstić information content (AvgIpc) is 3.14. The predicted molar refractivity (Wildman–Crippen MR) is 110 cm³/mol. The number of hydrogen-bond acceptors (Lipinski definition) is 3. The van der Waals surface area contributed by atoms with E-state index in [9.17, 15) is 14.4 Å². The van der Waals surface area contributed by atoms with Crippen LogP contribution in [0.2, 0.25) is 0 Å². The third kappa shape index (κ3) is 4.39. The van der Waals surface area contributed by atoms with Crippen molar-refractivity contribution >= 4 is 29.1 Å². The summed E-state index contributed by atoms with van der Waals surface area (Å²) in [5.74, 6) is -0.408. The summed E-state index contributed by atoms with van der Waals surface area (Å²) in [5.41, 5.74) is 2.16. The molecule has 0 aliphatic carbocycles. The van der Waals surface area contributed by atoms with Gasteiger partial charge in [0, 0.05) is 30.3 Å². The minimum absolute atomic E-state index is 0.0529. The van der Waals surface area contributed by atoms with Crippen molar-refractivity contribution in [1.82, 2.24) is 5.32 Å². The fourth-order valence-corrected chi connectivity index (χ4v) is 3.10. The van der Waals surface area contributed by atoms with Gasteiger partial charge in [-0.05, 0) is 56.2 Å². The number of carbonyl (C=O) groups excluding carboxylic acids is 3. The van der Waals surface area contributed by atoms with Crippen LogP contribution in [0, 0.1) is 0 Å². The normalized spacial score (nSPS) is 14.6. The van der Waals surface area contributed by atoms with Crippen LogP contribution < -0.4 is 15.5 Å². The summed E-state index contributed by atoms with van der Waals surface area (Å²) >= 11 is 0. The molecule has 0 saturated carbocycles. The summed E-state index contributed by atoms with van der Waals surface area (Å²) in [7, 11) is 0. The lowest BCUT2D eigenvalue weighted by molar-refractivity contribution is -0.117. The number of nitrogens with one attached hydrogen (secondary N) is 2. The van der Waals surface area contributed by atoms with Crippen LogP contribution in [0.4, 0.5) is 11.4 Å². The maximum Gasteiger partial charge on any atom is 0.255 e. The predicted octanol–water partition coefficient (Wildman–Crippen LogP) is 3.59. The minimum atomic E-state index is -0.303. The number of amides is 3. The second-order valence-corrected chi connectivity index (χ2v) is 6.98. The van der Waals surface area contributed by atoms with E-state index in [0.717, 1.165) is 18.5 Å². The molecule has 1 atom stereocenters. The fourth-order valence-electron chi connectivity index (χ4n) is 3.10. The smallest absolute Gasteiger partial charge is 0.255 e.